The molecule has 10 heteroatoms. The molecule has 1 aromatic carbocycles. The first kappa shape index (κ1) is 20.0. The Bertz CT molecular complexity index is 897. The van der Waals surface area contributed by atoms with Crippen LogP contribution >= 0.6 is 12.2 Å². The van der Waals surface area contributed by atoms with Crippen LogP contribution in [0.4, 0.5) is 13.2 Å². The molecule has 0 radical (unpaired) electrons. The second-order valence-electron chi connectivity index (χ2n) is 5.11. The van der Waals surface area contributed by atoms with Gasteiger partial charge in [0.25, 0.3) is 0 Å². The van der Waals surface area contributed by atoms with Crippen molar-refractivity contribution in [2.24, 2.45) is 0 Å². The highest BCUT2D eigenvalue weighted by molar-refractivity contribution is 8.19. The molecule has 0 aliphatic carbocycles. The van der Waals surface area contributed by atoms with E-state index in [-0.39, 0.29) is 17.2 Å². The normalized spacial score (nSPS) is 17.8. The van der Waals surface area contributed by atoms with E-state index in [2.05, 4.69) is 5.32 Å². The maximum Gasteiger partial charge on any atom is 0.416 e. The van der Waals surface area contributed by atoms with E-state index in [1.807, 2.05) is 0 Å². The number of amides is 1. The summed E-state index contributed by atoms with van der Waals surface area (Å²) in [7, 11) is -0.742. The van der Waals surface area contributed by atoms with Crippen LogP contribution in [0.15, 0.2) is 24.3 Å². The largest absolute Gasteiger partial charge is 0.481 e. The van der Waals surface area contributed by atoms with Crippen molar-refractivity contribution in [2.75, 3.05) is 6.61 Å². The molecule has 0 fully saturated rings. The van der Waals surface area contributed by atoms with E-state index in [4.69, 9.17) is 22.1 Å². The third-order valence-corrected chi connectivity index (χ3v) is 5.60. The Morgan fingerprint density at radius 2 is 2.12 bits per heavy atom. The van der Waals surface area contributed by atoms with E-state index in [1.54, 1.807) is 6.92 Å². The Labute approximate surface area is 154 Å². The van der Waals surface area contributed by atoms with Crippen LogP contribution in [0.5, 0.6) is 5.75 Å². The van der Waals surface area contributed by atoms with Crippen LogP contribution in [0.2, 0.25) is 0 Å². The predicted octanol–water partition coefficient (Wildman–Crippen LogP) is 2.21. The molecular formula is C16H13F3NO4S2-. The second kappa shape index (κ2) is 7.92. The third kappa shape index (κ3) is 5.09. The Balaban J connectivity index is 2.43. The average molecular weight is 404 g/mol. The van der Waals surface area contributed by atoms with Gasteiger partial charge < -0.3 is 25.2 Å². The number of allylic oxidation sites excluding steroid dienone is 1. The second-order valence-corrected chi connectivity index (χ2v) is 7.74. The summed E-state index contributed by atoms with van der Waals surface area (Å²) < 4.78 is 44.1. The number of carbonyl (C=O) groups excluding carboxylic acids is 1. The maximum atomic E-state index is 12.9. The lowest BCUT2D eigenvalue weighted by atomic mass is 10.1. The molecule has 26 heavy (non-hydrogen) atoms. The van der Waals surface area contributed by atoms with Gasteiger partial charge in [-0.15, -0.1) is 5.37 Å². The number of benzene rings is 1. The molecule has 0 aromatic heterocycles. The highest BCUT2D eigenvalue weighted by Crippen LogP contribution is 2.33. The molecule has 1 amide bonds. The molecule has 140 valence electrons. The highest BCUT2D eigenvalue weighted by Gasteiger charge is 2.31. The summed E-state index contributed by atoms with van der Waals surface area (Å²) in [5.74, 6) is -1.57. The van der Waals surface area contributed by atoms with Crippen molar-refractivity contribution in [1.29, 1.82) is 0 Å². The summed E-state index contributed by atoms with van der Waals surface area (Å²) in [6, 6.07) is 2.75. The van der Waals surface area contributed by atoms with Gasteiger partial charge in [-0.3, -0.25) is 4.79 Å². The molecular weight excluding hydrogens is 391 g/mol. The van der Waals surface area contributed by atoms with Crippen LogP contribution in [0.25, 0.3) is 6.08 Å². The Morgan fingerprint density at radius 3 is 2.65 bits per heavy atom. The number of hydrogen-bond donors (Lipinski definition) is 2. The molecule has 5 nitrogen and oxygen atoms in total. The smallest absolute Gasteiger partial charge is 0.416 e. The first-order chi connectivity index (χ1) is 12.1. The van der Waals surface area contributed by atoms with E-state index in [1.165, 1.54) is 17.5 Å². The van der Waals surface area contributed by atoms with Crippen molar-refractivity contribution in [3.63, 3.8) is 0 Å². The molecule has 1 aliphatic heterocycles. The summed E-state index contributed by atoms with van der Waals surface area (Å²) in [6.07, 6.45) is -1.66. The average Bonchev–Trinajstić information content (AvgIpc) is 2.88. The summed E-state index contributed by atoms with van der Waals surface area (Å²) in [4.78, 5) is 22.6. The maximum absolute atomic E-state index is 12.9. The van der Waals surface area contributed by atoms with E-state index in [0.29, 0.717) is 9.19 Å². The molecule has 0 spiro atoms. The van der Waals surface area contributed by atoms with Crippen LogP contribution in [0.3, 0.4) is 0 Å². The molecule has 0 atom stereocenters. The van der Waals surface area contributed by atoms with E-state index >= 15 is 0 Å². The Morgan fingerprint density at radius 1 is 1.42 bits per heavy atom. The third-order valence-electron chi connectivity index (χ3n) is 3.18. The lowest BCUT2D eigenvalue weighted by Crippen LogP contribution is -2.21. The first-order valence-electron chi connectivity index (χ1n) is 7.08. The number of alkyl halides is 3. The zero-order valence-corrected chi connectivity index (χ0v) is 14.9. The molecule has 2 N–H and O–H groups in total. The van der Waals surface area contributed by atoms with Gasteiger partial charge in [0.15, 0.2) is 6.61 Å². The van der Waals surface area contributed by atoms with Crippen molar-refractivity contribution < 1.29 is 32.6 Å². The van der Waals surface area contributed by atoms with Gasteiger partial charge in [0.1, 0.15) is 5.75 Å². The Hall–Kier alpha value is -2.33. The SMILES string of the molecule is CC(C=Cc1cc(C(F)(F)F)ccc1OCC(=O)O)=[S-]1=CC(=O)NC1=S. The Kier molecular flexibility index (Phi) is 6.09. The number of nitrogens with one attached hydrogen (secondary N) is 1. The summed E-state index contributed by atoms with van der Waals surface area (Å²) >= 11 is 5.05. The number of ether oxygens (including phenoxy) is 1. The topological polar surface area (TPSA) is 75.6 Å². The van der Waals surface area contributed by atoms with Gasteiger partial charge in [-0.1, -0.05) is 31.3 Å². The fourth-order valence-electron chi connectivity index (χ4n) is 1.99. The van der Waals surface area contributed by atoms with Crippen molar-refractivity contribution in [1.82, 2.24) is 5.32 Å². The van der Waals surface area contributed by atoms with E-state index in [9.17, 15) is 22.8 Å². The summed E-state index contributed by atoms with van der Waals surface area (Å²) in [5, 5.41) is 12.6. The number of carboxylic acid groups (broad SMARTS) is 1. The minimum atomic E-state index is -4.55. The minimum absolute atomic E-state index is 0.0000345. The molecule has 2 rings (SSSR count). The number of hydrogen-bond acceptors (Lipinski definition) is 5. The van der Waals surface area contributed by atoms with Gasteiger partial charge in [-0.05, 0) is 22.5 Å². The number of carboxylic acids is 1. The molecule has 1 aromatic rings. The molecule has 0 bridgehead atoms. The number of aliphatic carboxylic acids is 1. The molecule has 1 aliphatic rings. The number of thiocarbonyl (C=S) groups is 1. The van der Waals surface area contributed by atoms with Crippen LogP contribution in [0, 0.1) is 0 Å². The van der Waals surface area contributed by atoms with Crippen LogP contribution in [-0.2, 0) is 25.8 Å². The minimum Gasteiger partial charge on any atom is -0.481 e. The highest BCUT2D eigenvalue weighted by atomic mass is 32.2. The van der Waals surface area contributed by atoms with Crippen molar-refractivity contribution in [2.45, 2.75) is 13.1 Å². The molecule has 0 saturated carbocycles. The first-order valence-corrected chi connectivity index (χ1v) is 8.78. The predicted molar refractivity (Wildman–Crippen MR) is 98.5 cm³/mol. The number of halogens is 3. The van der Waals surface area contributed by atoms with Gasteiger partial charge in [-0.2, -0.15) is 18.0 Å². The zero-order valence-electron chi connectivity index (χ0n) is 13.3. The standard InChI is InChI=1S/C16H13F3NO4S2/c1-9(26-8-13(21)20-15(26)25)2-3-10-6-11(16(17,18)19)4-5-12(10)24-7-14(22)23/h2-6,8H,7H2,1H3,(H,22,23)(H,20,21,25)/q-1. The van der Waals surface area contributed by atoms with Crippen LogP contribution in [-0.4, -0.2) is 38.1 Å². The zero-order chi connectivity index (χ0) is 19.5. The lowest BCUT2D eigenvalue weighted by molar-refractivity contribution is -0.140. The fourth-order valence-corrected chi connectivity index (χ4v) is 3.91. The van der Waals surface area contributed by atoms with Gasteiger partial charge in [-0.25, -0.2) is 4.79 Å². The molecule has 1 heterocycles. The van der Waals surface area contributed by atoms with Gasteiger partial charge >= 0.3 is 12.1 Å². The number of carbonyl (C=O) groups is 2. The van der Waals surface area contributed by atoms with E-state index < -0.39 is 34.4 Å². The van der Waals surface area contributed by atoms with Gasteiger partial charge in [0.2, 0.25) is 5.91 Å². The molecule has 0 saturated heterocycles. The molecule has 0 unspecified atom stereocenters. The van der Waals surface area contributed by atoms with Crippen molar-refractivity contribution >= 4 is 54.8 Å². The van der Waals surface area contributed by atoms with Crippen LogP contribution in [0.1, 0.15) is 18.1 Å². The van der Waals surface area contributed by atoms with Gasteiger partial charge in [0.05, 0.1) is 5.56 Å². The quantitative estimate of drug-likeness (QED) is 0.447. The van der Waals surface area contributed by atoms with Crippen molar-refractivity contribution in [3.8, 4) is 5.75 Å². The van der Waals surface area contributed by atoms with Gasteiger partial charge in [0, 0.05) is 5.56 Å². The van der Waals surface area contributed by atoms with E-state index in [0.717, 1.165) is 18.2 Å². The summed E-state index contributed by atoms with van der Waals surface area (Å²) in [6.45, 7) is 1.00. The monoisotopic (exact) mass is 404 g/mol. The van der Waals surface area contributed by atoms with Crippen LogP contribution < -0.4 is 10.1 Å². The van der Waals surface area contributed by atoms with Crippen molar-refractivity contribution in [3.05, 3.63) is 35.4 Å². The summed E-state index contributed by atoms with van der Waals surface area (Å²) in [5.41, 5.74) is -0.826. The fraction of sp³-hybridized carbons (Fsp3) is 0.188. The number of rotatable bonds is 5. The lowest BCUT2D eigenvalue weighted by Gasteiger charge is -2.13.